The molecule has 0 fully saturated rings. The fourth-order valence-corrected chi connectivity index (χ4v) is 3.35. The highest BCUT2D eigenvalue weighted by atomic mass is 32.1. The number of benzene rings is 1. The lowest BCUT2D eigenvalue weighted by Crippen LogP contribution is -2.07. The highest BCUT2D eigenvalue weighted by Gasteiger charge is 2.11. The number of hydrogen-bond acceptors (Lipinski definition) is 3. The van der Waals surface area contributed by atoms with Gasteiger partial charge in [-0.05, 0) is 50.1 Å². The third-order valence-corrected chi connectivity index (χ3v) is 4.15. The molecule has 1 atom stereocenters. The molecular weight excluding hydrogens is 254 g/mol. The minimum atomic E-state index is 0.322. The normalized spacial score (nSPS) is 12.4. The number of aryl methyl sites for hydroxylation is 2. The molecule has 0 saturated heterocycles. The summed E-state index contributed by atoms with van der Waals surface area (Å²) in [5.74, 6) is 0. The van der Waals surface area contributed by atoms with Gasteiger partial charge in [-0.2, -0.15) is 0 Å². The molecule has 1 unspecified atom stereocenters. The summed E-state index contributed by atoms with van der Waals surface area (Å²) in [5.41, 5.74) is 3.72. The van der Waals surface area contributed by atoms with E-state index in [2.05, 4.69) is 56.4 Å². The fourth-order valence-electron chi connectivity index (χ4n) is 2.33. The van der Waals surface area contributed by atoms with E-state index < -0.39 is 0 Å². The Morgan fingerprint density at radius 1 is 1.26 bits per heavy atom. The van der Waals surface area contributed by atoms with E-state index >= 15 is 0 Å². The van der Waals surface area contributed by atoms with Gasteiger partial charge in [0.2, 0.25) is 0 Å². The Labute approximate surface area is 119 Å². The van der Waals surface area contributed by atoms with Gasteiger partial charge < -0.3 is 10.1 Å². The van der Waals surface area contributed by atoms with Crippen LogP contribution in [0.3, 0.4) is 0 Å². The first-order chi connectivity index (χ1) is 9.10. The predicted octanol–water partition coefficient (Wildman–Crippen LogP) is 4.68. The van der Waals surface area contributed by atoms with Gasteiger partial charge in [0.25, 0.3) is 0 Å². The maximum atomic E-state index is 5.17. The molecule has 0 bridgehead atoms. The second kappa shape index (κ2) is 6.22. The van der Waals surface area contributed by atoms with Crippen LogP contribution < -0.4 is 5.32 Å². The van der Waals surface area contributed by atoms with Crippen LogP contribution in [0.2, 0.25) is 0 Å². The molecule has 2 rings (SSSR count). The Morgan fingerprint density at radius 3 is 2.68 bits per heavy atom. The quantitative estimate of drug-likeness (QED) is 0.855. The van der Waals surface area contributed by atoms with Crippen molar-refractivity contribution in [3.8, 4) is 0 Å². The molecule has 1 heterocycles. The Balaban J connectivity index is 2.12. The zero-order valence-corrected chi connectivity index (χ0v) is 12.8. The van der Waals surface area contributed by atoms with Crippen molar-refractivity contribution in [3.05, 3.63) is 51.2 Å². The second-order valence-corrected chi connectivity index (χ2v) is 6.33. The van der Waals surface area contributed by atoms with Crippen molar-refractivity contribution in [2.24, 2.45) is 0 Å². The van der Waals surface area contributed by atoms with Gasteiger partial charge in [-0.3, -0.25) is 0 Å². The lowest BCUT2D eigenvalue weighted by molar-refractivity contribution is 0.185. The molecule has 1 N–H and O–H groups in total. The van der Waals surface area contributed by atoms with Crippen molar-refractivity contribution >= 4 is 17.0 Å². The summed E-state index contributed by atoms with van der Waals surface area (Å²) in [4.78, 5) is 2.76. The third-order valence-electron chi connectivity index (χ3n) is 3.17. The van der Waals surface area contributed by atoms with Crippen LogP contribution in [0.5, 0.6) is 0 Å². The Morgan fingerprint density at radius 2 is 2.05 bits per heavy atom. The van der Waals surface area contributed by atoms with E-state index in [-0.39, 0.29) is 0 Å². The second-order valence-electron chi connectivity index (χ2n) is 4.87. The summed E-state index contributed by atoms with van der Waals surface area (Å²) < 4.78 is 5.17. The summed E-state index contributed by atoms with van der Waals surface area (Å²) in [5, 5.41) is 3.56. The van der Waals surface area contributed by atoms with Crippen molar-refractivity contribution in [2.45, 2.75) is 33.4 Å². The van der Waals surface area contributed by atoms with E-state index in [9.17, 15) is 0 Å². The van der Waals surface area contributed by atoms with Crippen molar-refractivity contribution in [2.75, 3.05) is 12.4 Å². The van der Waals surface area contributed by atoms with Gasteiger partial charge in [-0.15, -0.1) is 11.3 Å². The van der Waals surface area contributed by atoms with Gasteiger partial charge in [0.15, 0.2) is 0 Å². The van der Waals surface area contributed by atoms with Crippen molar-refractivity contribution in [3.63, 3.8) is 0 Å². The summed E-state index contributed by atoms with van der Waals surface area (Å²) in [6.45, 7) is 7.21. The van der Waals surface area contributed by atoms with E-state index in [0.29, 0.717) is 12.6 Å². The molecule has 0 spiro atoms. The Bertz CT molecular complexity index is 547. The number of ether oxygens (including phenoxy) is 1. The molecule has 0 amide bonds. The molecule has 1 aromatic carbocycles. The molecule has 0 saturated carbocycles. The van der Waals surface area contributed by atoms with Crippen LogP contribution in [0.1, 0.15) is 33.8 Å². The first-order valence-electron chi connectivity index (χ1n) is 6.51. The molecule has 3 heteroatoms. The van der Waals surface area contributed by atoms with E-state index in [1.54, 1.807) is 7.11 Å². The monoisotopic (exact) mass is 275 g/mol. The SMILES string of the molecule is COCc1cccc(NC(C)c2cc(C)sc2C)c1. The molecule has 2 nitrogen and oxygen atoms in total. The third kappa shape index (κ3) is 3.58. The standard InChI is InChI=1S/C16H21NOS/c1-11-8-16(13(3)19-11)12(2)17-15-7-5-6-14(9-15)10-18-4/h5-9,12,17H,10H2,1-4H3. The Kier molecular flexibility index (Phi) is 4.61. The molecule has 102 valence electrons. The van der Waals surface area contributed by atoms with E-state index in [0.717, 1.165) is 5.69 Å². The summed E-state index contributed by atoms with van der Waals surface area (Å²) >= 11 is 1.86. The number of methoxy groups -OCH3 is 1. The summed E-state index contributed by atoms with van der Waals surface area (Å²) in [7, 11) is 1.72. The average molecular weight is 275 g/mol. The summed E-state index contributed by atoms with van der Waals surface area (Å²) in [6.07, 6.45) is 0. The molecular formula is C16H21NOS. The van der Waals surface area contributed by atoms with Crippen LogP contribution in [0.15, 0.2) is 30.3 Å². The van der Waals surface area contributed by atoms with E-state index in [4.69, 9.17) is 4.74 Å². The molecule has 0 aliphatic heterocycles. The van der Waals surface area contributed by atoms with Crippen LogP contribution in [-0.2, 0) is 11.3 Å². The molecule has 0 aliphatic rings. The average Bonchev–Trinajstić information content (AvgIpc) is 2.69. The van der Waals surface area contributed by atoms with Crippen molar-refractivity contribution in [1.29, 1.82) is 0 Å². The van der Waals surface area contributed by atoms with Crippen LogP contribution in [-0.4, -0.2) is 7.11 Å². The van der Waals surface area contributed by atoms with Gasteiger partial charge in [-0.25, -0.2) is 0 Å². The zero-order chi connectivity index (χ0) is 13.8. The lowest BCUT2D eigenvalue weighted by atomic mass is 10.1. The fraction of sp³-hybridized carbons (Fsp3) is 0.375. The Hall–Kier alpha value is -1.32. The number of nitrogens with one attached hydrogen (secondary N) is 1. The number of thiophene rings is 1. The lowest BCUT2D eigenvalue weighted by Gasteiger charge is -2.16. The summed E-state index contributed by atoms with van der Waals surface area (Å²) in [6, 6.07) is 11.0. The van der Waals surface area contributed by atoms with Gasteiger partial charge in [0.1, 0.15) is 0 Å². The number of rotatable bonds is 5. The smallest absolute Gasteiger partial charge is 0.0713 e. The van der Waals surface area contributed by atoms with Crippen LogP contribution in [0.4, 0.5) is 5.69 Å². The molecule has 2 aromatic rings. The highest BCUT2D eigenvalue weighted by molar-refractivity contribution is 7.12. The van der Waals surface area contributed by atoms with E-state index in [1.165, 1.54) is 20.9 Å². The number of anilines is 1. The van der Waals surface area contributed by atoms with Crippen LogP contribution >= 0.6 is 11.3 Å². The van der Waals surface area contributed by atoms with Crippen molar-refractivity contribution in [1.82, 2.24) is 0 Å². The van der Waals surface area contributed by atoms with Crippen molar-refractivity contribution < 1.29 is 4.74 Å². The van der Waals surface area contributed by atoms with Gasteiger partial charge in [0.05, 0.1) is 6.61 Å². The molecule has 19 heavy (non-hydrogen) atoms. The zero-order valence-electron chi connectivity index (χ0n) is 12.0. The van der Waals surface area contributed by atoms with Crippen LogP contribution in [0.25, 0.3) is 0 Å². The minimum absolute atomic E-state index is 0.322. The van der Waals surface area contributed by atoms with E-state index in [1.807, 2.05) is 11.3 Å². The maximum absolute atomic E-state index is 5.17. The minimum Gasteiger partial charge on any atom is -0.380 e. The van der Waals surface area contributed by atoms with Crippen LogP contribution in [0, 0.1) is 13.8 Å². The first-order valence-corrected chi connectivity index (χ1v) is 7.33. The largest absolute Gasteiger partial charge is 0.380 e. The number of hydrogen-bond donors (Lipinski definition) is 1. The first kappa shape index (κ1) is 14.1. The van der Waals surface area contributed by atoms with Gasteiger partial charge in [-0.1, -0.05) is 12.1 Å². The van der Waals surface area contributed by atoms with Gasteiger partial charge in [0, 0.05) is 28.6 Å². The molecule has 0 radical (unpaired) electrons. The molecule has 0 aliphatic carbocycles. The predicted molar refractivity (Wildman–Crippen MR) is 83.0 cm³/mol. The molecule has 1 aromatic heterocycles. The topological polar surface area (TPSA) is 21.3 Å². The highest BCUT2D eigenvalue weighted by Crippen LogP contribution is 2.28. The maximum Gasteiger partial charge on any atom is 0.0713 e. The van der Waals surface area contributed by atoms with Gasteiger partial charge >= 0.3 is 0 Å².